The molecule has 0 saturated carbocycles. The summed E-state index contributed by atoms with van der Waals surface area (Å²) in [6.07, 6.45) is 1.44. The van der Waals surface area contributed by atoms with Crippen molar-refractivity contribution < 1.29 is 13.5 Å². The lowest BCUT2D eigenvalue weighted by Crippen LogP contribution is -2.13. The van der Waals surface area contributed by atoms with Crippen LogP contribution in [0, 0.1) is 0 Å². The number of hydrogen-bond acceptors (Lipinski definition) is 5. The number of sulfonamides is 1. The Balaban J connectivity index is 2.30. The van der Waals surface area contributed by atoms with Crippen LogP contribution in [0.25, 0.3) is 0 Å². The molecule has 18 heavy (non-hydrogen) atoms. The van der Waals surface area contributed by atoms with Crippen molar-refractivity contribution in [2.24, 2.45) is 0 Å². The van der Waals surface area contributed by atoms with Crippen molar-refractivity contribution in [3.8, 4) is 0 Å². The van der Waals surface area contributed by atoms with E-state index in [1.165, 1.54) is 29.0 Å². The van der Waals surface area contributed by atoms with Gasteiger partial charge in [-0.15, -0.1) is 11.3 Å². The fourth-order valence-electron chi connectivity index (χ4n) is 1.23. The molecule has 2 aromatic rings. The van der Waals surface area contributed by atoms with Crippen LogP contribution in [0.4, 0.5) is 5.82 Å². The van der Waals surface area contributed by atoms with Crippen molar-refractivity contribution in [1.82, 2.24) is 4.98 Å². The first-order chi connectivity index (χ1) is 8.53. The van der Waals surface area contributed by atoms with E-state index >= 15 is 0 Å². The summed E-state index contributed by atoms with van der Waals surface area (Å²) < 4.78 is 26.3. The first-order valence-corrected chi connectivity index (χ1v) is 7.58. The largest absolute Gasteiger partial charge is 0.391 e. The number of aliphatic hydroxyl groups is 1. The molecule has 0 unspecified atom stereocenters. The van der Waals surface area contributed by atoms with Gasteiger partial charge in [0.25, 0.3) is 10.0 Å². The Bertz CT molecular complexity index is 655. The summed E-state index contributed by atoms with van der Waals surface area (Å²) in [5, 5.41) is 10.6. The number of nitrogens with one attached hydrogen (secondary N) is 1. The SMILES string of the molecule is O=S(=O)(Nc1ncccc1Cl)c1csc(CO)c1. The Hall–Kier alpha value is -1.15. The molecule has 5 nitrogen and oxygen atoms in total. The smallest absolute Gasteiger partial charge is 0.263 e. The van der Waals surface area contributed by atoms with Crippen molar-refractivity contribution in [2.75, 3.05) is 4.72 Å². The first kappa shape index (κ1) is 13.3. The van der Waals surface area contributed by atoms with Crippen LogP contribution in [0.2, 0.25) is 5.02 Å². The predicted molar refractivity (Wildman–Crippen MR) is 70.3 cm³/mol. The minimum absolute atomic E-state index is 0.0796. The lowest BCUT2D eigenvalue weighted by Gasteiger charge is -2.06. The van der Waals surface area contributed by atoms with Gasteiger partial charge in [0.1, 0.15) is 0 Å². The van der Waals surface area contributed by atoms with Crippen molar-refractivity contribution in [3.05, 3.63) is 39.7 Å². The molecule has 2 heterocycles. The van der Waals surface area contributed by atoms with Crippen molar-refractivity contribution in [3.63, 3.8) is 0 Å². The van der Waals surface area contributed by atoms with E-state index in [0.29, 0.717) is 4.88 Å². The van der Waals surface area contributed by atoms with Gasteiger partial charge in [-0.2, -0.15) is 0 Å². The molecule has 0 bridgehead atoms. The van der Waals surface area contributed by atoms with Gasteiger partial charge >= 0.3 is 0 Å². The second-order valence-corrected chi connectivity index (χ2v) is 6.43. The highest BCUT2D eigenvalue weighted by molar-refractivity contribution is 7.92. The summed E-state index contributed by atoms with van der Waals surface area (Å²) in [4.78, 5) is 4.50. The molecular formula is C10H9ClN2O3S2. The van der Waals surface area contributed by atoms with Crippen LogP contribution < -0.4 is 4.72 Å². The lowest BCUT2D eigenvalue weighted by atomic mass is 10.5. The van der Waals surface area contributed by atoms with E-state index < -0.39 is 10.0 Å². The predicted octanol–water partition coefficient (Wildman–Crippen LogP) is 2.09. The number of halogens is 1. The van der Waals surface area contributed by atoms with Gasteiger partial charge < -0.3 is 5.11 Å². The topological polar surface area (TPSA) is 79.3 Å². The molecule has 0 atom stereocenters. The maximum absolute atomic E-state index is 12.0. The number of nitrogens with zero attached hydrogens (tertiary/aromatic N) is 1. The molecule has 0 aliphatic carbocycles. The zero-order valence-corrected chi connectivity index (χ0v) is 11.4. The fraction of sp³-hybridized carbons (Fsp3) is 0.100. The van der Waals surface area contributed by atoms with E-state index in [0.717, 1.165) is 0 Å². The number of hydrogen-bond donors (Lipinski definition) is 2. The maximum Gasteiger partial charge on any atom is 0.263 e. The molecule has 0 saturated heterocycles. The van der Waals surface area contributed by atoms with E-state index in [4.69, 9.17) is 16.7 Å². The molecule has 0 fully saturated rings. The highest BCUT2D eigenvalue weighted by atomic mass is 35.5. The molecule has 0 aliphatic rings. The maximum atomic E-state index is 12.0. The fourth-order valence-corrected chi connectivity index (χ4v) is 3.62. The van der Waals surface area contributed by atoms with Crippen molar-refractivity contribution >= 4 is 38.8 Å². The van der Waals surface area contributed by atoms with Crippen LogP contribution in [0.5, 0.6) is 0 Å². The molecule has 0 amide bonds. The zero-order chi connectivity index (χ0) is 13.2. The van der Waals surface area contributed by atoms with Gasteiger partial charge in [-0.1, -0.05) is 11.6 Å². The number of pyridine rings is 1. The van der Waals surface area contributed by atoms with E-state index in [2.05, 4.69) is 9.71 Å². The third kappa shape index (κ3) is 2.81. The van der Waals surface area contributed by atoms with Gasteiger partial charge in [-0.05, 0) is 18.2 Å². The average Bonchev–Trinajstić information content (AvgIpc) is 2.81. The second kappa shape index (κ2) is 5.23. The van der Waals surface area contributed by atoms with Crippen LogP contribution in [0.1, 0.15) is 4.88 Å². The number of aliphatic hydroxyl groups excluding tert-OH is 1. The number of rotatable bonds is 4. The highest BCUT2D eigenvalue weighted by Crippen LogP contribution is 2.24. The zero-order valence-electron chi connectivity index (χ0n) is 9.00. The molecule has 2 N–H and O–H groups in total. The second-order valence-electron chi connectivity index (χ2n) is 3.35. The summed E-state index contributed by atoms with van der Waals surface area (Å²) in [6.45, 7) is -0.190. The quantitative estimate of drug-likeness (QED) is 0.906. The van der Waals surface area contributed by atoms with Gasteiger partial charge in [0.15, 0.2) is 5.82 Å². The van der Waals surface area contributed by atoms with Gasteiger partial charge in [-0.3, -0.25) is 4.72 Å². The molecule has 0 radical (unpaired) electrons. The summed E-state index contributed by atoms with van der Waals surface area (Å²) in [7, 11) is -3.72. The summed E-state index contributed by atoms with van der Waals surface area (Å²) in [5.74, 6) is 0.0796. The molecule has 2 rings (SSSR count). The van der Waals surface area contributed by atoms with Crippen LogP contribution >= 0.6 is 22.9 Å². The third-order valence-corrected chi connectivity index (χ3v) is 4.78. The Morgan fingerprint density at radius 2 is 2.28 bits per heavy atom. The standard InChI is InChI=1S/C10H9ClN2O3S2/c11-9-2-1-3-12-10(9)13-18(15,16)8-4-7(5-14)17-6-8/h1-4,6,14H,5H2,(H,12,13). The normalized spacial score (nSPS) is 11.4. The minimum Gasteiger partial charge on any atom is -0.391 e. The van der Waals surface area contributed by atoms with E-state index in [9.17, 15) is 8.42 Å². The molecule has 0 aliphatic heterocycles. The van der Waals surface area contributed by atoms with Gasteiger partial charge in [0, 0.05) is 16.5 Å². The summed E-state index contributed by atoms with van der Waals surface area (Å²) >= 11 is 6.99. The van der Waals surface area contributed by atoms with E-state index in [-0.39, 0.29) is 22.3 Å². The Labute approximate surface area is 113 Å². The number of thiophene rings is 1. The van der Waals surface area contributed by atoms with Crippen LogP contribution in [0.3, 0.4) is 0 Å². The number of aromatic nitrogens is 1. The van der Waals surface area contributed by atoms with Crippen LogP contribution in [-0.4, -0.2) is 18.5 Å². The van der Waals surface area contributed by atoms with E-state index in [1.807, 2.05) is 0 Å². The van der Waals surface area contributed by atoms with Gasteiger partial charge in [-0.25, -0.2) is 13.4 Å². The lowest BCUT2D eigenvalue weighted by molar-refractivity contribution is 0.285. The van der Waals surface area contributed by atoms with Gasteiger partial charge in [0.2, 0.25) is 0 Å². The Morgan fingerprint density at radius 1 is 1.50 bits per heavy atom. The molecule has 96 valence electrons. The Kier molecular flexibility index (Phi) is 3.86. The van der Waals surface area contributed by atoms with Gasteiger partial charge in [0.05, 0.1) is 16.5 Å². The van der Waals surface area contributed by atoms with Crippen molar-refractivity contribution in [2.45, 2.75) is 11.5 Å². The van der Waals surface area contributed by atoms with E-state index in [1.54, 1.807) is 12.1 Å². The first-order valence-electron chi connectivity index (χ1n) is 4.84. The summed E-state index contributed by atoms with van der Waals surface area (Å²) in [5.41, 5.74) is 0. The van der Waals surface area contributed by atoms with Crippen molar-refractivity contribution in [1.29, 1.82) is 0 Å². The van der Waals surface area contributed by atoms with Crippen LogP contribution in [0.15, 0.2) is 34.7 Å². The average molecular weight is 305 g/mol. The molecule has 0 spiro atoms. The molecule has 2 aromatic heterocycles. The number of anilines is 1. The van der Waals surface area contributed by atoms with Crippen LogP contribution in [-0.2, 0) is 16.6 Å². The third-order valence-electron chi connectivity index (χ3n) is 2.09. The highest BCUT2D eigenvalue weighted by Gasteiger charge is 2.18. The molecular weight excluding hydrogens is 296 g/mol. The minimum atomic E-state index is -3.72. The molecule has 0 aromatic carbocycles. The monoisotopic (exact) mass is 304 g/mol. The Morgan fingerprint density at radius 3 is 2.89 bits per heavy atom. The molecule has 8 heteroatoms. The summed E-state index contributed by atoms with van der Waals surface area (Å²) in [6, 6.07) is 4.55.